The van der Waals surface area contributed by atoms with Crippen LogP contribution < -0.4 is 0 Å². The van der Waals surface area contributed by atoms with Crippen LogP contribution in [-0.4, -0.2) is 5.71 Å². The Balaban J connectivity index is 3.01. The zero-order valence-corrected chi connectivity index (χ0v) is 7.61. The van der Waals surface area contributed by atoms with E-state index in [0.29, 0.717) is 0 Å². The summed E-state index contributed by atoms with van der Waals surface area (Å²) in [4.78, 5) is 5.43. The highest BCUT2D eigenvalue weighted by Gasteiger charge is 2.00. The smallest absolute Gasteiger partial charge is 0.0455 e. The molecule has 0 unspecified atom stereocenters. The van der Waals surface area contributed by atoms with E-state index in [1.807, 2.05) is 6.92 Å². The Kier molecular flexibility index (Phi) is 2.60. The van der Waals surface area contributed by atoms with Crippen LogP contribution in [0.5, 0.6) is 0 Å². The summed E-state index contributed by atoms with van der Waals surface area (Å²) < 4.78 is 0. The molecule has 0 fully saturated rings. The molecule has 1 rings (SSSR count). The second-order valence-corrected chi connectivity index (χ2v) is 3.41. The molecule has 0 aromatic carbocycles. The fourth-order valence-electron chi connectivity index (χ4n) is 0.967. The topological polar surface area (TPSA) is 12.4 Å². The SMILES string of the molecule is C=CN=C(C)c1ccsc1C. The Morgan fingerprint density at radius 1 is 1.73 bits per heavy atom. The Morgan fingerprint density at radius 3 is 2.91 bits per heavy atom. The average molecular weight is 165 g/mol. The first-order valence-electron chi connectivity index (χ1n) is 3.45. The zero-order valence-electron chi connectivity index (χ0n) is 6.79. The van der Waals surface area contributed by atoms with Crippen LogP contribution in [0.15, 0.2) is 29.2 Å². The third kappa shape index (κ3) is 1.77. The molecule has 0 aliphatic heterocycles. The van der Waals surface area contributed by atoms with Crippen molar-refractivity contribution in [1.82, 2.24) is 0 Å². The summed E-state index contributed by atoms with van der Waals surface area (Å²) in [6.07, 6.45) is 1.58. The van der Waals surface area contributed by atoms with Crippen molar-refractivity contribution in [2.24, 2.45) is 4.99 Å². The van der Waals surface area contributed by atoms with Crippen molar-refractivity contribution in [2.45, 2.75) is 13.8 Å². The van der Waals surface area contributed by atoms with Gasteiger partial charge in [-0.15, -0.1) is 11.3 Å². The van der Waals surface area contributed by atoms with Gasteiger partial charge in [0.1, 0.15) is 0 Å². The minimum absolute atomic E-state index is 1.04. The monoisotopic (exact) mass is 165 g/mol. The standard InChI is InChI=1S/C9H11NS/c1-4-10-7(2)9-5-6-11-8(9)3/h4-6H,1H2,2-3H3. The zero-order chi connectivity index (χ0) is 8.27. The van der Waals surface area contributed by atoms with Crippen molar-refractivity contribution in [2.75, 3.05) is 0 Å². The van der Waals surface area contributed by atoms with Gasteiger partial charge in [-0.05, 0) is 25.3 Å². The van der Waals surface area contributed by atoms with Crippen LogP contribution >= 0.6 is 11.3 Å². The predicted molar refractivity (Wildman–Crippen MR) is 51.5 cm³/mol. The highest BCUT2D eigenvalue weighted by atomic mass is 32.1. The minimum atomic E-state index is 1.04. The van der Waals surface area contributed by atoms with E-state index in [9.17, 15) is 0 Å². The summed E-state index contributed by atoms with van der Waals surface area (Å²) >= 11 is 1.74. The first-order valence-corrected chi connectivity index (χ1v) is 4.33. The van der Waals surface area contributed by atoms with Gasteiger partial charge in [0.15, 0.2) is 0 Å². The maximum Gasteiger partial charge on any atom is 0.0455 e. The molecule has 0 saturated carbocycles. The number of nitrogens with zero attached hydrogens (tertiary/aromatic N) is 1. The van der Waals surface area contributed by atoms with Crippen molar-refractivity contribution in [3.05, 3.63) is 34.7 Å². The largest absolute Gasteiger partial charge is 0.262 e. The molecule has 1 heterocycles. The van der Waals surface area contributed by atoms with Crippen LogP contribution in [0.4, 0.5) is 0 Å². The molecule has 0 atom stereocenters. The Bertz CT molecular complexity index is 284. The molecule has 0 aliphatic carbocycles. The van der Waals surface area contributed by atoms with Crippen molar-refractivity contribution < 1.29 is 0 Å². The molecule has 11 heavy (non-hydrogen) atoms. The lowest BCUT2D eigenvalue weighted by molar-refractivity contribution is 1.49. The molecule has 0 spiro atoms. The number of aliphatic imine (C=N–C) groups is 1. The van der Waals surface area contributed by atoms with E-state index in [0.717, 1.165) is 5.71 Å². The van der Waals surface area contributed by atoms with E-state index < -0.39 is 0 Å². The van der Waals surface area contributed by atoms with Crippen LogP contribution in [0.2, 0.25) is 0 Å². The summed E-state index contributed by atoms with van der Waals surface area (Å²) in [5, 5.41) is 2.08. The molecule has 1 aromatic heterocycles. The molecule has 0 N–H and O–H groups in total. The number of aryl methyl sites for hydroxylation is 1. The first kappa shape index (κ1) is 8.21. The summed E-state index contributed by atoms with van der Waals surface area (Å²) in [7, 11) is 0. The van der Waals surface area contributed by atoms with Crippen LogP contribution in [0.3, 0.4) is 0 Å². The van der Waals surface area contributed by atoms with Gasteiger partial charge in [0.25, 0.3) is 0 Å². The number of rotatable bonds is 2. The van der Waals surface area contributed by atoms with Gasteiger partial charge >= 0.3 is 0 Å². The normalized spacial score (nSPS) is 11.6. The lowest BCUT2D eigenvalue weighted by Crippen LogP contribution is -1.92. The van der Waals surface area contributed by atoms with Gasteiger partial charge in [0, 0.05) is 22.4 Å². The Hall–Kier alpha value is -0.890. The summed E-state index contributed by atoms with van der Waals surface area (Å²) in [5.41, 5.74) is 2.27. The van der Waals surface area contributed by atoms with Crippen molar-refractivity contribution in [3.63, 3.8) is 0 Å². The summed E-state index contributed by atoms with van der Waals surface area (Å²) in [6.45, 7) is 7.65. The Labute approximate surface area is 71.1 Å². The van der Waals surface area contributed by atoms with E-state index in [4.69, 9.17) is 0 Å². The lowest BCUT2D eigenvalue weighted by Gasteiger charge is -1.95. The molecule has 0 bridgehead atoms. The molecular weight excluding hydrogens is 154 g/mol. The van der Waals surface area contributed by atoms with Gasteiger partial charge in [0.05, 0.1) is 0 Å². The fraction of sp³-hybridized carbons (Fsp3) is 0.222. The molecule has 0 saturated heterocycles. The number of hydrogen-bond acceptors (Lipinski definition) is 2. The van der Waals surface area contributed by atoms with Gasteiger partial charge in [-0.25, -0.2) is 0 Å². The van der Waals surface area contributed by atoms with Gasteiger partial charge in [-0.2, -0.15) is 0 Å². The lowest BCUT2D eigenvalue weighted by atomic mass is 10.2. The van der Waals surface area contributed by atoms with E-state index in [1.54, 1.807) is 17.5 Å². The van der Waals surface area contributed by atoms with Crippen LogP contribution in [0, 0.1) is 6.92 Å². The number of thiophene rings is 1. The first-order chi connectivity index (χ1) is 5.25. The Morgan fingerprint density at radius 2 is 2.45 bits per heavy atom. The minimum Gasteiger partial charge on any atom is -0.262 e. The fourth-order valence-corrected chi connectivity index (χ4v) is 1.72. The molecule has 0 radical (unpaired) electrons. The quantitative estimate of drug-likeness (QED) is 0.597. The number of hydrogen-bond donors (Lipinski definition) is 0. The molecule has 1 nitrogen and oxygen atoms in total. The highest BCUT2D eigenvalue weighted by Crippen LogP contribution is 2.15. The predicted octanol–water partition coefficient (Wildman–Crippen LogP) is 3.01. The van der Waals surface area contributed by atoms with Crippen molar-refractivity contribution in [1.29, 1.82) is 0 Å². The summed E-state index contributed by atoms with van der Waals surface area (Å²) in [5.74, 6) is 0. The average Bonchev–Trinajstić information content (AvgIpc) is 2.36. The van der Waals surface area contributed by atoms with Crippen LogP contribution in [0.25, 0.3) is 0 Å². The molecular formula is C9H11NS. The third-order valence-electron chi connectivity index (χ3n) is 1.53. The van der Waals surface area contributed by atoms with E-state index in [1.165, 1.54) is 10.4 Å². The molecule has 1 aromatic rings. The third-order valence-corrected chi connectivity index (χ3v) is 2.38. The van der Waals surface area contributed by atoms with Gasteiger partial charge in [-0.1, -0.05) is 6.58 Å². The molecule has 0 amide bonds. The van der Waals surface area contributed by atoms with Gasteiger partial charge in [-0.3, -0.25) is 4.99 Å². The van der Waals surface area contributed by atoms with E-state index in [-0.39, 0.29) is 0 Å². The van der Waals surface area contributed by atoms with Crippen molar-refractivity contribution in [3.8, 4) is 0 Å². The van der Waals surface area contributed by atoms with E-state index >= 15 is 0 Å². The maximum atomic E-state index is 4.12. The second kappa shape index (κ2) is 3.49. The maximum absolute atomic E-state index is 4.12. The molecule has 2 heteroatoms. The van der Waals surface area contributed by atoms with Crippen LogP contribution in [0.1, 0.15) is 17.4 Å². The van der Waals surface area contributed by atoms with Crippen molar-refractivity contribution >= 4 is 17.0 Å². The molecule has 58 valence electrons. The second-order valence-electron chi connectivity index (χ2n) is 2.29. The van der Waals surface area contributed by atoms with Gasteiger partial charge in [0.2, 0.25) is 0 Å². The molecule has 0 aliphatic rings. The van der Waals surface area contributed by atoms with Crippen LogP contribution in [-0.2, 0) is 0 Å². The highest BCUT2D eigenvalue weighted by molar-refractivity contribution is 7.10. The summed E-state index contributed by atoms with van der Waals surface area (Å²) in [6, 6.07) is 2.09. The van der Waals surface area contributed by atoms with Gasteiger partial charge < -0.3 is 0 Å². The van der Waals surface area contributed by atoms with E-state index in [2.05, 4.69) is 29.9 Å².